The lowest BCUT2D eigenvalue weighted by molar-refractivity contribution is 0.0521. The number of sulfonamides is 1. The molecule has 1 aromatic carbocycles. The van der Waals surface area contributed by atoms with E-state index in [4.69, 9.17) is 9.88 Å². The zero-order valence-corrected chi connectivity index (χ0v) is 11.8. The molecule has 0 bridgehead atoms. The monoisotopic (exact) mass is 313 g/mol. The molecule has 0 spiro atoms. The molecular formula is C12H12FN3O4S. The average molecular weight is 313 g/mol. The number of rotatable bonds is 4. The van der Waals surface area contributed by atoms with Crippen molar-refractivity contribution in [2.24, 2.45) is 5.14 Å². The number of primary sulfonamides is 1. The summed E-state index contributed by atoms with van der Waals surface area (Å²) < 4.78 is 42.1. The maximum Gasteiger partial charge on any atom is 0.342 e. The lowest BCUT2D eigenvalue weighted by Crippen LogP contribution is -2.21. The molecule has 21 heavy (non-hydrogen) atoms. The van der Waals surface area contributed by atoms with Gasteiger partial charge in [0, 0.05) is 0 Å². The fraction of sp³-hybridized carbons (Fsp3) is 0.167. The van der Waals surface area contributed by atoms with Crippen molar-refractivity contribution in [3.05, 3.63) is 41.8 Å². The maximum absolute atomic E-state index is 12.9. The van der Waals surface area contributed by atoms with Gasteiger partial charge in [-0.15, -0.1) is 0 Å². The summed E-state index contributed by atoms with van der Waals surface area (Å²) in [5.41, 5.74) is -0.0281. The molecule has 7 nitrogen and oxygen atoms in total. The van der Waals surface area contributed by atoms with Crippen molar-refractivity contribution < 1.29 is 22.3 Å². The highest BCUT2D eigenvalue weighted by atomic mass is 32.2. The third kappa shape index (κ3) is 3.09. The van der Waals surface area contributed by atoms with Crippen LogP contribution in [0, 0.1) is 5.82 Å². The summed E-state index contributed by atoms with van der Waals surface area (Å²) in [6.07, 6.45) is 1.04. The van der Waals surface area contributed by atoms with Crippen molar-refractivity contribution in [3.63, 3.8) is 0 Å². The Kier molecular flexibility index (Phi) is 4.05. The van der Waals surface area contributed by atoms with E-state index < -0.39 is 26.8 Å². The third-order valence-corrected chi connectivity index (χ3v) is 3.49. The van der Waals surface area contributed by atoms with Gasteiger partial charge in [0.1, 0.15) is 11.4 Å². The molecule has 0 aliphatic heterocycles. The van der Waals surface area contributed by atoms with Gasteiger partial charge in [0.05, 0.1) is 18.5 Å². The zero-order chi connectivity index (χ0) is 15.6. The second kappa shape index (κ2) is 5.62. The molecule has 2 N–H and O–H groups in total. The van der Waals surface area contributed by atoms with Crippen LogP contribution in [0.15, 0.2) is 35.5 Å². The second-order valence-electron chi connectivity index (χ2n) is 4.02. The van der Waals surface area contributed by atoms with Gasteiger partial charge in [-0.1, -0.05) is 0 Å². The fourth-order valence-corrected chi connectivity index (χ4v) is 2.56. The second-order valence-corrected chi connectivity index (χ2v) is 5.49. The first-order chi connectivity index (χ1) is 9.84. The molecule has 112 valence electrons. The molecule has 0 aliphatic carbocycles. The first-order valence-corrected chi connectivity index (χ1v) is 7.43. The van der Waals surface area contributed by atoms with Crippen LogP contribution >= 0.6 is 0 Å². The molecule has 1 heterocycles. The van der Waals surface area contributed by atoms with E-state index in [2.05, 4.69) is 5.10 Å². The number of aromatic nitrogens is 2. The minimum Gasteiger partial charge on any atom is -0.462 e. The number of hydrogen-bond donors (Lipinski definition) is 1. The molecule has 2 rings (SSSR count). The molecule has 0 amide bonds. The Morgan fingerprint density at radius 3 is 2.52 bits per heavy atom. The lowest BCUT2D eigenvalue weighted by atomic mass is 10.3. The van der Waals surface area contributed by atoms with Gasteiger partial charge in [-0.05, 0) is 31.2 Å². The van der Waals surface area contributed by atoms with Crippen LogP contribution in [0.4, 0.5) is 4.39 Å². The molecule has 1 aromatic heterocycles. The summed E-state index contributed by atoms with van der Waals surface area (Å²) in [4.78, 5) is 11.8. The normalized spacial score (nSPS) is 11.4. The van der Waals surface area contributed by atoms with Gasteiger partial charge >= 0.3 is 5.97 Å². The maximum atomic E-state index is 12.9. The summed E-state index contributed by atoms with van der Waals surface area (Å²) in [7, 11) is -4.24. The van der Waals surface area contributed by atoms with Gasteiger partial charge in [0.25, 0.3) is 10.0 Å². The fourth-order valence-electron chi connectivity index (χ4n) is 1.73. The molecule has 0 saturated heterocycles. The standard InChI is InChI=1S/C12H12FN3O4S/c1-2-20-12(17)10-7-15-16(11(10)21(14,18)19)9-5-3-8(13)4-6-9/h3-7H,2H2,1H3,(H2,14,18,19). The Bertz CT molecular complexity index is 768. The number of carbonyl (C=O) groups is 1. The first-order valence-electron chi connectivity index (χ1n) is 5.88. The average Bonchev–Trinajstić information content (AvgIpc) is 2.84. The molecule has 9 heteroatoms. The molecule has 0 atom stereocenters. The van der Waals surface area contributed by atoms with E-state index in [9.17, 15) is 17.6 Å². The van der Waals surface area contributed by atoms with Crippen LogP contribution in [0.5, 0.6) is 0 Å². The largest absolute Gasteiger partial charge is 0.462 e. The number of carbonyl (C=O) groups excluding carboxylic acids is 1. The van der Waals surface area contributed by atoms with Gasteiger partial charge in [-0.3, -0.25) is 0 Å². The molecular weight excluding hydrogens is 301 g/mol. The highest BCUT2D eigenvalue weighted by Crippen LogP contribution is 2.20. The van der Waals surface area contributed by atoms with E-state index >= 15 is 0 Å². The number of nitrogens with two attached hydrogens (primary N) is 1. The van der Waals surface area contributed by atoms with Gasteiger partial charge in [0.15, 0.2) is 5.03 Å². The number of esters is 1. The number of nitrogens with zero attached hydrogens (tertiary/aromatic N) is 2. The Morgan fingerprint density at radius 2 is 2.00 bits per heavy atom. The molecule has 0 fully saturated rings. The zero-order valence-electron chi connectivity index (χ0n) is 11.0. The van der Waals surface area contributed by atoms with E-state index in [1.165, 1.54) is 12.1 Å². The molecule has 2 aromatic rings. The summed E-state index contributed by atoms with van der Waals surface area (Å²) in [5, 5.41) is 8.45. The van der Waals surface area contributed by atoms with Gasteiger partial charge < -0.3 is 4.74 Å². The van der Waals surface area contributed by atoms with Crippen LogP contribution in [0.1, 0.15) is 17.3 Å². The Balaban J connectivity index is 2.63. The molecule has 0 saturated carbocycles. The van der Waals surface area contributed by atoms with Crippen LogP contribution in [0.25, 0.3) is 5.69 Å². The number of hydrogen-bond acceptors (Lipinski definition) is 5. The summed E-state index contributed by atoms with van der Waals surface area (Å²) in [5.74, 6) is -1.34. The van der Waals surface area contributed by atoms with Crippen LogP contribution < -0.4 is 5.14 Å². The van der Waals surface area contributed by atoms with Crippen molar-refractivity contribution in [1.82, 2.24) is 9.78 Å². The molecule has 0 aliphatic rings. The van der Waals surface area contributed by atoms with Crippen molar-refractivity contribution in [3.8, 4) is 5.69 Å². The van der Waals surface area contributed by atoms with Crippen LogP contribution in [-0.2, 0) is 14.8 Å². The van der Waals surface area contributed by atoms with Gasteiger partial charge in [-0.2, -0.15) is 5.10 Å². The van der Waals surface area contributed by atoms with Crippen LogP contribution in [0.2, 0.25) is 0 Å². The highest BCUT2D eigenvalue weighted by molar-refractivity contribution is 7.89. The Morgan fingerprint density at radius 1 is 1.38 bits per heavy atom. The van der Waals surface area contributed by atoms with Crippen LogP contribution in [-0.4, -0.2) is 30.8 Å². The minimum absolute atomic E-state index is 0.0740. The van der Waals surface area contributed by atoms with E-state index in [1.54, 1.807) is 6.92 Å². The number of benzene rings is 1. The molecule has 0 unspecified atom stereocenters. The quantitative estimate of drug-likeness (QED) is 0.842. The van der Waals surface area contributed by atoms with Crippen LogP contribution in [0.3, 0.4) is 0 Å². The van der Waals surface area contributed by atoms with E-state index in [1.807, 2.05) is 0 Å². The van der Waals surface area contributed by atoms with E-state index in [0.29, 0.717) is 0 Å². The highest BCUT2D eigenvalue weighted by Gasteiger charge is 2.27. The lowest BCUT2D eigenvalue weighted by Gasteiger charge is -2.07. The SMILES string of the molecule is CCOC(=O)c1cnn(-c2ccc(F)cc2)c1S(N)(=O)=O. The topological polar surface area (TPSA) is 104 Å². The number of ether oxygens (including phenoxy) is 1. The summed E-state index contributed by atoms with van der Waals surface area (Å²) >= 11 is 0. The summed E-state index contributed by atoms with van der Waals surface area (Å²) in [6.45, 7) is 1.66. The van der Waals surface area contributed by atoms with Gasteiger partial charge in [-0.25, -0.2) is 27.4 Å². The number of halogens is 1. The van der Waals surface area contributed by atoms with Crippen molar-refractivity contribution >= 4 is 16.0 Å². The third-order valence-electron chi connectivity index (χ3n) is 2.56. The van der Waals surface area contributed by atoms with Crippen molar-refractivity contribution in [2.45, 2.75) is 11.9 Å². The summed E-state index contributed by atoms with van der Waals surface area (Å²) in [6, 6.07) is 4.89. The Hall–Kier alpha value is -2.26. The smallest absolute Gasteiger partial charge is 0.342 e. The predicted octanol–water partition coefficient (Wildman–Crippen LogP) is 0.836. The van der Waals surface area contributed by atoms with Crippen molar-refractivity contribution in [2.75, 3.05) is 6.61 Å². The van der Waals surface area contributed by atoms with Crippen molar-refractivity contribution in [1.29, 1.82) is 0 Å². The van der Waals surface area contributed by atoms with E-state index in [0.717, 1.165) is 23.0 Å². The Labute approximate surface area is 120 Å². The van der Waals surface area contributed by atoms with Gasteiger partial charge in [0.2, 0.25) is 0 Å². The van der Waals surface area contributed by atoms with E-state index in [-0.39, 0.29) is 17.9 Å². The minimum atomic E-state index is -4.24. The molecule has 0 radical (unpaired) electrons. The predicted molar refractivity (Wildman–Crippen MR) is 70.9 cm³/mol. The first kappa shape index (κ1) is 15.1.